The number of nitrogens with two attached hydrogens (primary N) is 1. The Labute approximate surface area is 105 Å². The van der Waals surface area contributed by atoms with E-state index in [2.05, 4.69) is 5.32 Å². The van der Waals surface area contributed by atoms with Gasteiger partial charge >= 0.3 is 5.97 Å². The van der Waals surface area contributed by atoms with Gasteiger partial charge in [0.15, 0.2) is 0 Å². The van der Waals surface area contributed by atoms with E-state index in [9.17, 15) is 9.59 Å². The van der Waals surface area contributed by atoms with Crippen molar-refractivity contribution in [2.75, 3.05) is 6.54 Å². The van der Waals surface area contributed by atoms with E-state index in [-0.39, 0.29) is 24.8 Å². The quantitative estimate of drug-likeness (QED) is 0.701. The third-order valence-electron chi connectivity index (χ3n) is 3.07. The number of aromatic carboxylic acids is 1. The lowest BCUT2D eigenvalue weighted by atomic mass is 9.87. The molecular formula is C12H18N2O4. The average Bonchev–Trinajstić information content (AvgIpc) is 2.83. The fourth-order valence-electron chi connectivity index (χ4n) is 1.37. The van der Waals surface area contributed by atoms with Crippen LogP contribution in [0.1, 0.15) is 36.6 Å². The smallest absolute Gasteiger partial charge is 0.371 e. The fraction of sp³-hybridized carbons (Fsp3) is 0.500. The van der Waals surface area contributed by atoms with Gasteiger partial charge in [-0.05, 0) is 25.5 Å². The van der Waals surface area contributed by atoms with Crippen LogP contribution in [0, 0.1) is 5.41 Å². The number of carboxylic acids is 1. The highest BCUT2D eigenvalue weighted by Crippen LogP contribution is 2.19. The van der Waals surface area contributed by atoms with Crippen molar-refractivity contribution in [2.24, 2.45) is 11.1 Å². The topological polar surface area (TPSA) is 106 Å². The highest BCUT2D eigenvalue weighted by atomic mass is 16.4. The van der Waals surface area contributed by atoms with Crippen molar-refractivity contribution >= 4 is 11.9 Å². The first kappa shape index (κ1) is 14.2. The average molecular weight is 254 g/mol. The molecule has 6 heteroatoms. The van der Waals surface area contributed by atoms with E-state index in [0.717, 1.165) is 0 Å². The van der Waals surface area contributed by atoms with Crippen LogP contribution in [0.25, 0.3) is 0 Å². The van der Waals surface area contributed by atoms with Crippen LogP contribution in [-0.2, 0) is 11.3 Å². The van der Waals surface area contributed by atoms with E-state index in [1.54, 1.807) is 6.92 Å². The van der Waals surface area contributed by atoms with Gasteiger partial charge in [-0.15, -0.1) is 0 Å². The molecule has 1 aromatic rings. The maximum Gasteiger partial charge on any atom is 0.371 e. The third-order valence-corrected chi connectivity index (χ3v) is 3.07. The minimum Gasteiger partial charge on any atom is -0.475 e. The van der Waals surface area contributed by atoms with Gasteiger partial charge in [0, 0.05) is 6.54 Å². The lowest BCUT2D eigenvalue weighted by Crippen LogP contribution is -2.43. The number of rotatable bonds is 6. The summed E-state index contributed by atoms with van der Waals surface area (Å²) < 4.78 is 5.03. The summed E-state index contributed by atoms with van der Waals surface area (Å²) in [4.78, 5) is 22.5. The summed E-state index contributed by atoms with van der Waals surface area (Å²) in [6, 6.07) is 2.88. The molecule has 100 valence electrons. The number of furan rings is 1. The van der Waals surface area contributed by atoms with Crippen LogP contribution < -0.4 is 11.1 Å². The van der Waals surface area contributed by atoms with Crippen LogP contribution in [0.2, 0.25) is 0 Å². The van der Waals surface area contributed by atoms with Crippen LogP contribution in [0.4, 0.5) is 0 Å². The van der Waals surface area contributed by atoms with Crippen molar-refractivity contribution < 1.29 is 19.1 Å². The van der Waals surface area contributed by atoms with Crippen molar-refractivity contribution in [1.29, 1.82) is 0 Å². The summed E-state index contributed by atoms with van der Waals surface area (Å²) in [6.07, 6.45) is 0.633. The number of hydrogen-bond acceptors (Lipinski definition) is 4. The Balaban J connectivity index is 2.59. The van der Waals surface area contributed by atoms with E-state index in [1.807, 2.05) is 6.92 Å². The molecule has 0 saturated carbocycles. The van der Waals surface area contributed by atoms with Crippen molar-refractivity contribution in [1.82, 2.24) is 5.32 Å². The van der Waals surface area contributed by atoms with E-state index in [0.29, 0.717) is 12.2 Å². The molecule has 0 radical (unpaired) electrons. The molecule has 1 unspecified atom stereocenters. The van der Waals surface area contributed by atoms with Crippen LogP contribution in [0.3, 0.4) is 0 Å². The summed E-state index contributed by atoms with van der Waals surface area (Å²) >= 11 is 0. The zero-order valence-electron chi connectivity index (χ0n) is 10.5. The zero-order valence-corrected chi connectivity index (χ0v) is 10.5. The van der Waals surface area contributed by atoms with Gasteiger partial charge in [-0.3, -0.25) is 4.79 Å². The summed E-state index contributed by atoms with van der Waals surface area (Å²) in [7, 11) is 0. The Morgan fingerprint density at radius 1 is 1.50 bits per heavy atom. The Morgan fingerprint density at radius 3 is 2.61 bits per heavy atom. The molecule has 0 spiro atoms. The van der Waals surface area contributed by atoms with Crippen LogP contribution >= 0.6 is 0 Å². The molecule has 0 aliphatic rings. The van der Waals surface area contributed by atoms with Gasteiger partial charge < -0.3 is 20.6 Å². The van der Waals surface area contributed by atoms with E-state index in [4.69, 9.17) is 15.3 Å². The summed E-state index contributed by atoms with van der Waals surface area (Å²) in [6.45, 7) is 4.09. The molecule has 1 heterocycles. The van der Waals surface area contributed by atoms with Crippen LogP contribution in [0.5, 0.6) is 0 Å². The lowest BCUT2D eigenvalue weighted by molar-refractivity contribution is -0.130. The van der Waals surface area contributed by atoms with Gasteiger partial charge in [0.25, 0.3) is 0 Å². The van der Waals surface area contributed by atoms with Crippen LogP contribution in [0.15, 0.2) is 16.5 Å². The molecule has 0 bridgehead atoms. The van der Waals surface area contributed by atoms with Crippen molar-refractivity contribution in [3.05, 3.63) is 23.7 Å². The Kier molecular flexibility index (Phi) is 4.49. The van der Waals surface area contributed by atoms with Crippen molar-refractivity contribution in [3.63, 3.8) is 0 Å². The van der Waals surface area contributed by atoms with Gasteiger partial charge in [0.1, 0.15) is 5.76 Å². The molecule has 18 heavy (non-hydrogen) atoms. The second kappa shape index (κ2) is 5.68. The number of hydrogen-bond donors (Lipinski definition) is 3. The standard InChI is InChI=1S/C12H18N2O4/c1-3-12(2,7-13)11(17)14-6-8-4-5-9(18-8)10(15)16/h4-5H,3,6-7,13H2,1-2H3,(H,14,17)(H,15,16). The first-order valence-electron chi connectivity index (χ1n) is 5.73. The summed E-state index contributed by atoms with van der Waals surface area (Å²) in [5, 5.41) is 11.4. The Bertz CT molecular complexity index is 435. The second-order valence-corrected chi connectivity index (χ2v) is 4.37. The minimum atomic E-state index is -1.13. The van der Waals surface area contributed by atoms with E-state index >= 15 is 0 Å². The molecule has 1 rings (SSSR count). The normalized spacial score (nSPS) is 13.9. The van der Waals surface area contributed by atoms with Crippen molar-refractivity contribution in [3.8, 4) is 0 Å². The van der Waals surface area contributed by atoms with Gasteiger partial charge in [-0.1, -0.05) is 6.92 Å². The SMILES string of the molecule is CCC(C)(CN)C(=O)NCc1ccc(C(=O)O)o1. The zero-order chi connectivity index (χ0) is 13.8. The molecule has 0 aliphatic heterocycles. The number of carboxylic acid groups (broad SMARTS) is 1. The maximum absolute atomic E-state index is 11.9. The van der Waals surface area contributed by atoms with Gasteiger partial charge in [-0.2, -0.15) is 0 Å². The number of carbonyl (C=O) groups is 2. The molecule has 4 N–H and O–H groups in total. The second-order valence-electron chi connectivity index (χ2n) is 4.37. The largest absolute Gasteiger partial charge is 0.475 e. The summed E-state index contributed by atoms with van der Waals surface area (Å²) in [5.41, 5.74) is 4.96. The molecule has 1 atom stereocenters. The van der Waals surface area contributed by atoms with Gasteiger partial charge in [0.2, 0.25) is 11.7 Å². The van der Waals surface area contributed by atoms with E-state index in [1.165, 1.54) is 12.1 Å². The highest BCUT2D eigenvalue weighted by molar-refractivity contribution is 5.84. The fourth-order valence-corrected chi connectivity index (χ4v) is 1.37. The monoisotopic (exact) mass is 254 g/mol. The molecule has 0 saturated heterocycles. The molecular weight excluding hydrogens is 236 g/mol. The predicted octanol–water partition coefficient (Wildman–Crippen LogP) is 0.969. The van der Waals surface area contributed by atoms with E-state index < -0.39 is 11.4 Å². The highest BCUT2D eigenvalue weighted by Gasteiger charge is 2.29. The lowest BCUT2D eigenvalue weighted by Gasteiger charge is -2.24. The van der Waals surface area contributed by atoms with Crippen molar-refractivity contribution in [2.45, 2.75) is 26.8 Å². The predicted molar refractivity (Wildman–Crippen MR) is 65.0 cm³/mol. The Morgan fingerprint density at radius 2 is 2.17 bits per heavy atom. The first-order valence-corrected chi connectivity index (χ1v) is 5.73. The number of amides is 1. The molecule has 1 amide bonds. The summed E-state index contributed by atoms with van der Waals surface area (Å²) in [5.74, 6) is -1.04. The molecule has 0 fully saturated rings. The molecule has 0 aromatic carbocycles. The molecule has 0 aliphatic carbocycles. The third kappa shape index (κ3) is 3.10. The van der Waals surface area contributed by atoms with Crippen LogP contribution in [-0.4, -0.2) is 23.5 Å². The number of nitrogens with one attached hydrogen (secondary N) is 1. The molecule has 1 aromatic heterocycles. The number of carbonyl (C=O) groups excluding carboxylic acids is 1. The minimum absolute atomic E-state index is 0.142. The van der Waals surface area contributed by atoms with Gasteiger partial charge in [-0.25, -0.2) is 4.79 Å². The first-order chi connectivity index (χ1) is 8.42. The maximum atomic E-state index is 11.9. The Hall–Kier alpha value is -1.82. The van der Waals surface area contributed by atoms with Gasteiger partial charge in [0.05, 0.1) is 12.0 Å². The molecule has 6 nitrogen and oxygen atoms in total.